The predicted octanol–water partition coefficient (Wildman–Crippen LogP) is 1.49. The molecule has 3 rings (SSSR count). The number of urea groups is 1. The number of hydrogen-bond donors (Lipinski definition) is 2. The lowest BCUT2D eigenvalue weighted by Crippen LogP contribution is -2.56. The second-order valence-electron chi connectivity index (χ2n) is 5.97. The van der Waals surface area contributed by atoms with E-state index in [0.29, 0.717) is 18.5 Å². The van der Waals surface area contributed by atoms with Crippen molar-refractivity contribution < 1.29 is 9.90 Å². The van der Waals surface area contributed by atoms with Gasteiger partial charge >= 0.3 is 6.03 Å². The molecule has 0 aromatic rings. The maximum Gasteiger partial charge on any atom is 0.317 e. The summed E-state index contributed by atoms with van der Waals surface area (Å²) in [7, 11) is 0. The summed E-state index contributed by atoms with van der Waals surface area (Å²) in [5, 5.41) is 13.6. The van der Waals surface area contributed by atoms with Crippen LogP contribution >= 0.6 is 0 Å². The van der Waals surface area contributed by atoms with Crippen molar-refractivity contribution in [3.05, 3.63) is 0 Å². The zero-order valence-electron chi connectivity index (χ0n) is 10.3. The van der Waals surface area contributed by atoms with Crippen molar-refractivity contribution >= 4 is 6.03 Å². The van der Waals surface area contributed by atoms with E-state index >= 15 is 0 Å². The molecule has 0 bridgehead atoms. The van der Waals surface area contributed by atoms with Gasteiger partial charge in [-0.3, -0.25) is 0 Å². The van der Waals surface area contributed by atoms with Crippen LogP contribution in [0.25, 0.3) is 0 Å². The predicted molar refractivity (Wildman–Crippen MR) is 64.7 cm³/mol. The molecule has 4 nitrogen and oxygen atoms in total. The normalized spacial score (nSPS) is 37.5. The minimum absolute atomic E-state index is 0.0834. The summed E-state index contributed by atoms with van der Waals surface area (Å²) in [4.78, 5) is 13.9. The third-order valence-corrected chi connectivity index (χ3v) is 4.62. The van der Waals surface area contributed by atoms with E-state index in [9.17, 15) is 9.90 Å². The molecular weight excluding hydrogens is 216 g/mol. The van der Waals surface area contributed by atoms with Crippen LogP contribution in [0.2, 0.25) is 0 Å². The Morgan fingerprint density at radius 1 is 1.24 bits per heavy atom. The second-order valence-corrected chi connectivity index (χ2v) is 5.97. The van der Waals surface area contributed by atoms with E-state index in [-0.39, 0.29) is 6.03 Å². The van der Waals surface area contributed by atoms with Crippen LogP contribution in [0.4, 0.5) is 4.79 Å². The zero-order valence-corrected chi connectivity index (χ0v) is 10.3. The lowest BCUT2D eigenvalue weighted by molar-refractivity contribution is -0.0870. The summed E-state index contributed by atoms with van der Waals surface area (Å²) >= 11 is 0. The van der Waals surface area contributed by atoms with Crippen LogP contribution in [0.15, 0.2) is 0 Å². The Morgan fingerprint density at radius 2 is 2.06 bits per heavy atom. The molecule has 1 heterocycles. The number of hydrogen-bond acceptors (Lipinski definition) is 2. The first-order chi connectivity index (χ1) is 8.17. The molecule has 4 heteroatoms. The second kappa shape index (κ2) is 4.16. The lowest BCUT2D eigenvalue weighted by atomic mass is 9.71. The van der Waals surface area contributed by atoms with Gasteiger partial charge in [0.25, 0.3) is 0 Å². The molecule has 2 unspecified atom stereocenters. The Bertz CT molecular complexity index is 317. The van der Waals surface area contributed by atoms with E-state index in [0.717, 1.165) is 45.1 Å². The Morgan fingerprint density at radius 3 is 2.82 bits per heavy atom. The van der Waals surface area contributed by atoms with Gasteiger partial charge in [0.1, 0.15) is 0 Å². The minimum atomic E-state index is -0.478. The van der Waals surface area contributed by atoms with Gasteiger partial charge in [0, 0.05) is 25.0 Å². The number of rotatable bonds is 1. The van der Waals surface area contributed by atoms with Crippen molar-refractivity contribution in [2.45, 2.75) is 56.6 Å². The number of piperidine rings is 1. The van der Waals surface area contributed by atoms with Gasteiger partial charge in [0.2, 0.25) is 0 Å². The van der Waals surface area contributed by atoms with E-state index in [1.54, 1.807) is 0 Å². The molecule has 2 aliphatic carbocycles. The highest BCUT2D eigenvalue weighted by molar-refractivity contribution is 5.75. The van der Waals surface area contributed by atoms with Crippen molar-refractivity contribution in [1.29, 1.82) is 0 Å². The quantitative estimate of drug-likeness (QED) is 0.727. The molecular formula is C13H22N2O2. The van der Waals surface area contributed by atoms with Gasteiger partial charge in [-0.1, -0.05) is 12.8 Å². The van der Waals surface area contributed by atoms with Gasteiger partial charge in [-0.2, -0.15) is 0 Å². The van der Waals surface area contributed by atoms with Gasteiger partial charge in [0.05, 0.1) is 5.60 Å². The van der Waals surface area contributed by atoms with Gasteiger partial charge in [-0.05, 0) is 32.1 Å². The van der Waals surface area contributed by atoms with Crippen molar-refractivity contribution in [1.82, 2.24) is 10.2 Å². The molecule has 1 aliphatic heterocycles. The molecule has 0 aromatic carbocycles. The van der Waals surface area contributed by atoms with Crippen LogP contribution in [0.3, 0.4) is 0 Å². The first-order valence-electron chi connectivity index (χ1n) is 6.95. The van der Waals surface area contributed by atoms with E-state index < -0.39 is 5.60 Å². The molecule has 96 valence electrons. The van der Waals surface area contributed by atoms with Gasteiger partial charge in [-0.15, -0.1) is 0 Å². The van der Waals surface area contributed by atoms with E-state index in [1.807, 2.05) is 4.90 Å². The van der Waals surface area contributed by atoms with E-state index in [1.165, 1.54) is 6.42 Å². The number of nitrogens with one attached hydrogen (secondary N) is 1. The number of likely N-dealkylation sites (tertiary alicyclic amines) is 1. The highest BCUT2D eigenvalue weighted by atomic mass is 16.3. The summed E-state index contributed by atoms with van der Waals surface area (Å²) in [6.45, 7) is 1.46. The Hall–Kier alpha value is -0.770. The summed E-state index contributed by atoms with van der Waals surface area (Å²) in [5.74, 6) is 0.301. The number of amides is 2. The zero-order chi connectivity index (χ0) is 11.9. The molecule has 3 fully saturated rings. The van der Waals surface area contributed by atoms with Crippen LogP contribution in [0, 0.1) is 5.92 Å². The first kappa shape index (κ1) is 11.3. The van der Waals surface area contributed by atoms with Crippen LogP contribution < -0.4 is 5.32 Å². The van der Waals surface area contributed by atoms with Crippen molar-refractivity contribution in [2.75, 3.05) is 13.1 Å². The Kier molecular flexibility index (Phi) is 2.77. The van der Waals surface area contributed by atoms with Crippen molar-refractivity contribution in [3.8, 4) is 0 Å². The van der Waals surface area contributed by atoms with E-state index in [2.05, 4.69) is 5.32 Å². The largest absolute Gasteiger partial charge is 0.389 e. The Balaban J connectivity index is 1.60. The molecule has 0 spiro atoms. The maximum atomic E-state index is 12.0. The number of carbonyl (C=O) groups excluding carboxylic acids is 1. The fraction of sp³-hybridized carbons (Fsp3) is 0.923. The van der Waals surface area contributed by atoms with Gasteiger partial charge in [-0.25, -0.2) is 4.79 Å². The standard InChI is InChI=1S/C13H22N2O2/c16-12(14-11-4-5-11)15-8-7-13(17)6-2-1-3-10(13)9-15/h10-11,17H,1-9H2,(H,14,16). The molecule has 3 aliphatic rings. The Labute approximate surface area is 102 Å². The number of nitrogens with zero attached hydrogens (tertiary/aromatic N) is 1. The van der Waals surface area contributed by atoms with Crippen LogP contribution in [0.5, 0.6) is 0 Å². The number of aliphatic hydroxyl groups is 1. The molecule has 2 atom stereocenters. The van der Waals surface area contributed by atoms with Crippen molar-refractivity contribution in [2.24, 2.45) is 5.92 Å². The van der Waals surface area contributed by atoms with Crippen LogP contribution in [-0.2, 0) is 0 Å². The molecule has 0 aromatic heterocycles. The van der Waals surface area contributed by atoms with Crippen molar-refractivity contribution in [3.63, 3.8) is 0 Å². The first-order valence-corrected chi connectivity index (χ1v) is 6.95. The molecule has 0 radical (unpaired) electrons. The van der Waals surface area contributed by atoms with Gasteiger partial charge < -0.3 is 15.3 Å². The summed E-state index contributed by atoms with van der Waals surface area (Å²) in [5.41, 5.74) is -0.478. The topological polar surface area (TPSA) is 52.6 Å². The summed E-state index contributed by atoms with van der Waals surface area (Å²) in [6.07, 6.45) is 7.36. The average Bonchev–Trinajstić information content (AvgIpc) is 3.11. The highest BCUT2D eigenvalue weighted by Gasteiger charge is 2.44. The number of fused-ring (bicyclic) bond motifs is 1. The molecule has 2 N–H and O–H groups in total. The summed E-state index contributed by atoms with van der Waals surface area (Å²) < 4.78 is 0. The third kappa shape index (κ3) is 2.28. The van der Waals surface area contributed by atoms with Crippen LogP contribution in [0.1, 0.15) is 44.9 Å². The fourth-order valence-corrected chi connectivity index (χ4v) is 3.25. The fourth-order valence-electron chi connectivity index (χ4n) is 3.25. The third-order valence-electron chi connectivity index (χ3n) is 4.62. The van der Waals surface area contributed by atoms with Crippen LogP contribution in [-0.4, -0.2) is 40.8 Å². The lowest BCUT2D eigenvalue weighted by Gasteiger charge is -2.47. The van der Waals surface area contributed by atoms with E-state index in [4.69, 9.17) is 0 Å². The minimum Gasteiger partial charge on any atom is -0.389 e. The summed E-state index contributed by atoms with van der Waals surface area (Å²) in [6, 6.07) is 0.509. The highest BCUT2D eigenvalue weighted by Crippen LogP contribution is 2.39. The number of carbonyl (C=O) groups is 1. The SMILES string of the molecule is O=C(NC1CC1)N1CCC2(O)CCCCC2C1. The average molecular weight is 238 g/mol. The maximum absolute atomic E-state index is 12.0. The molecule has 2 amide bonds. The smallest absolute Gasteiger partial charge is 0.317 e. The monoisotopic (exact) mass is 238 g/mol. The molecule has 2 saturated carbocycles. The molecule has 17 heavy (non-hydrogen) atoms. The molecule has 1 saturated heterocycles. The van der Waals surface area contributed by atoms with Gasteiger partial charge in [0.15, 0.2) is 0 Å².